The normalized spacial score (nSPS) is 28.7. The van der Waals surface area contributed by atoms with Crippen molar-refractivity contribution in [1.29, 1.82) is 0 Å². The van der Waals surface area contributed by atoms with Crippen molar-refractivity contribution in [2.24, 2.45) is 5.41 Å². The van der Waals surface area contributed by atoms with Gasteiger partial charge in [0.2, 0.25) is 0 Å². The number of ether oxygens (including phenoxy) is 2. The van der Waals surface area contributed by atoms with Gasteiger partial charge in [-0.25, -0.2) is 0 Å². The molecule has 1 saturated carbocycles. The molecule has 2 aromatic rings. The van der Waals surface area contributed by atoms with Crippen LogP contribution in [0.4, 0.5) is 0 Å². The number of hydrogen-bond acceptors (Lipinski definition) is 6. The first-order chi connectivity index (χ1) is 16.4. The van der Waals surface area contributed by atoms with Crippen LogP contribution in [0.15, 0.2) is 42.5 Å². The number of hydrogen-bond donors (Lipinski definition) is 4. The standard InChI is InChI=1S/C27H35ClO6/c1-2-27(11-3-4-12-27)16-33-20-8-5-17(6-9-20)13-19-14-18(7-10-21(19)28)26-25(32)24(31)23(30)22(15-29)34-26/h5-10,14,22-26,29-32H,2-4,11-13,15-16H2,1H3/t22-,23-,24+,25-,26+/m1/s1. The van der Waals surface area contributed by atoms with Gasteiger partial charge in [0, 0.05) is 10.4 Å². The van der Waals surface area contributed by atoms with Crippen molar-refractivity contribution < 1.29 is 29.9 Å². The van der Waals surface area contributed by atoms with Crippen molar-refractivity contribution >= 4 is 11.6 Å². The molecule has 6 nitrogen and oxygen atoms in total. The Labute approximate surface area is 206 Å². The van der Waals surface area contributed by atoms with E-state index in [1.165, 1.54) is 25.7 Å². The van der Waals surface area contributed by atoms with E-state index in [0.29, 0.717) is 22.4 Å². The molecule has 2 aromatic carbocycles. The first-order valence-electron chi connectivity index (χ1n) is 12.2. The lowest BCUT2D eigenvalue weighted by Gasteiger charge is -2.40. The number of halogens is 1. The highest BCUT2D eigenvalue weighted by atomic mass is 35.5. The Balaban J connectivity index is 1.44. The Morgan fingerprint density at radius 1 is 1.00 bits per heavy atom. The van der Waals surface area contributed by atoms with Crippen molar-refractivity contribution in [3.05, 3.63) is 64.2 Å². The van der Waals surface area contributed by atoms with E-state index in [4.69, 9.17) is 21.1 Å². The zero-order valence-corrected chi connectivity index (χ0v) is 20.3. The maximum atomic E-state index is 10.5. The predicted octanol–water partition coefficient (Wildman–Crippen LogP) is 3.79. The molecule has 4 rings (SSSR count). The van der Waals surface area contributed by atoms with Gasteiger partial charge in [-0.3, -0.25) is 0 Å². The molecule has 0 radical (unpaired) electrons. The lowest BCUT2D eigenvalue weighted by Crippen LogP contribution is -2.55. The summed E-state index contributed by atoms with van der Waals surface area (Å²) in [6.45, 7) is 2.55. The lowest BCUT2D eigenvalue weighted by molar-refractivity contribution is -0.231. The van der Waals surface area contributed by atoms with Crippen molar-refractivity contribution in [2.45, 2.75) is 76.0 Å². The summed E-state index contributed by atoms with van der Waals surface area (Å²) in [6, 6.07) is 13.3. The summed E-state index contributed by atoms with van der Waals surface area (Å²) < 4.78 is 11.8. The van der Waals surface area contributed by atoms with Gasteiger partial charge >= 0.3 is 0 Å². The summed E-state index contributed by atoms with van der Waals surface area (Å²) in [5, 5.41) is 40.7. The van der Waals surface area contributed by atoms with Crippen LogP contribution >= 0.6 is 11.6 Å². The molecule has 1 aliphatic heterocycles. The van der Waals surface area contributed by atoms with Crippen LogP contribution in [-0.4, -0.2) is 58.1 Å². The number of aliphatic hydroxyl groups is 4. The number of aliphatic hydroxyl groups excluding tert-OH is 4. The molecule has 7 heteroatoms. The minimum Gasteiger partial charge on any atom is -0.493 e. The highest BCUT2D eigenvalue weighted by Gasteiger charge is 2.44. The van der Waals surface area contributed by atoms with Crippen LogP contribution in [0.25, 0.3) is 0 Å². The van der Waals surface area contributed by atoms with Crippen molar-refractivity contribution in [3.63, 3.8) is 0 Å². The number of benzene rings is 2. The maximum absolute atomic E-state index is 10.5. The second-order valence-corrected chi connectivity index (χ2v) is 10.2. The minimum absolute atomic E-state index is 0.317. The molecule has 0 amide bonds. The zero-order valence-electron chi connectivity index (χ0n) is 19.6. The van der Waals surface area contributed by atoms with Crippen LogP contribution in [0.2, 0.25) is 5.02 Å². The fraction of sp³-hybridized carbons (Fsp3) is 0.556. The first-order valence-corrected chi connectivity index (χ1v) is 12.5. The summed E-state index contributed by atoms with van der Waals surface area (Å²) in [5.41, 5.74) is 2.85. The highest BCUT2D eigenvalue weighted by Crippen LogP contribution is 2.41. The molecule has 4 N–H and O–H groups in total. The fourth-order valence-electron chi connectivity index (χ4n) is 5.17. The predicted molar refractivity (Wildman–Crippen MR) is 130 cm³/mol. The van der Waals surface area contributed by atoms with E-state index >= 15 is 0 Å². The Kier molecular flexibility index (Phi) is 8.18. The van der Waals surface area contributed by atoms with Crippen LogP contribution in [0.5, 0.6) is 5.75 Å². The van der Waals surface area contributed by atoms with Gasteiger partial charge in [0.05, 0.1) is 13.2 Å². The molecule has 5 atom stereocenters. The lowest BCUT2D eigenvalue weighted by atomic mass is 9.84. The number of rotatable bonds is 8. The third-order valence-corrected chi connectivity index (χ3v) is 7.94. The van der Waals surface area contributed by atoms with Gasteiger partial charge < -0.3 is 29.9 Å². The van der Waals surface area contributed by atoms with E-state index in [1.54, 1.807) is 12.1 Å². The van der Waals surface area contributed by atoms with Crippen LogP contribution in [0, 0.1) is 5.41 Å². The average Bonchev–Trinajstić information content (AvgIpc) is 3.33. The molecule has 0 aromatic heterocycles. The van der Waals surface area contributed by atoms with E-state index in [0.717, 1.165) is 29.9 Å². The molecule has 0 spiro atoms. The van der Waals surface area contributed by atoms with E-state index in [-0.39, 0.29) is 0 Å². The molecule has 0 unspecified atom stereocenters. The fourth-order valence-corrected chi connectivity index (χ4v) is 5.35. The Hall–Kier alpha value is -1.67. The SMILES string of the molecule is CCC1(COc2ccc(Cc3cc([C@@H]4O[C@H](CO)[C@@H](O)[C@H](O)[C@H]4O)ccc3Cl)cc2)CCCC1. The van der Waals surface area contributed by atoms with Gasteiger partial charge in [-0.2, -0.15) is 0 Å². The summed E-state index contributed by atoms with van der Waals surface area (Å²) >= 11 is 6.46. The largest absolute Gasteiger partial charge is 0.493 e. The molecule has 2 aliphatic rings. The molecule has 2 fully saturated rings. The topological polar surface area (TPSA) is 99.4 Å². The van der Waals surface area contributed by atoms with Gasteiger partial charge in [-0.05, 0) is 60.6 Å². The smallest absolute Gasteiger partial charge is 0.119 e. The van der Waals surface area contributed by atoms with Gasteiger partial charge in [-0.1, -0.05) is 55.6 Å². The Bertz CT molecular complexity index is 941. The van der Waals surface area contributed by atoms with Crippen molar-refractivity contribution in [2.75, 3.05) is 13.2 Å². The van der Waals surface area contributed by atoms with Crippen LogP contribution < -0.4 is 4.74 Å². The van der Waals surface area contributed by atoms with E-state index in [9.17, 15) is 20.4 Å². The van der Waals surface area contributed by atoms with Crippen molar-refractivity contribution in [1.82, 2.24) is 0 Å². The van der Waals surface area contributed by atoms with Gasteiger partial charge in [0.1, 0.15) is 36.3 Å². The average molecular weight is 491 g/mol. The molecule has 1 aliphatic carbocycles. The molecule has 1 saturated heterocycles. The van der Waals surface area contributed by atoms with E-state index in [1.807, 2.05) is 30.3 Å². The quantitative estimate of drug-likeness (QED) is 0.449. The third kappa shape index (κ3) is 5.43. The van der Waals surface area contributed by atoms with E-state index < -0.39 is 37.1 Å². The van der Waals surface area contributed by atoms with Crippen LogP contribution in [0.1, 0.15) is 61.8 Å². The molecule has 186 valence electrons. The second-order valence-electron chi connectivity index (χ2n) is 9.77. The van der Waals surface area contributed by atoms with E-state index in [2.05, 4.69) is 6.92 Å². The maximum Gasteiger partial charge on any atom is 0.119 e. The van der Waals surface area contributed by atoms with Crippen LogP contribution in [-0.2, 0) is 11.2 Å². The summed E-state index contributed by atoms with van der Waals surface area (Å²) in [7, 11) is 0. The molecule has 34 heavy (non-hydrogen) atoms. The molecule has 1 heterocycles. The monoisotopic (exact) mass is 490 g/mol. The summed E-state index contributed by atoms with van der Waals surface area (Å²) in [4.78, 5) is 0. The first kappa shape index (κ1) is 25.4. The summed E-state index contributed by atoms with van der Waals surface area (Å²) in [6.07, 6.45) is 0.818. The van der Waals surface area contributed by atoms with Crippen molar-refractivity contribution in [3.8, 4) is 5.75 Å². The summed E-state index contributed by atoms with van der Waals surface area (Å²) in [5.74, 6) is 0.865. The highest BCUT2D eigenvalue weighted by molar-refractivity contribution is 6.31. The molecular weight excluding hydrogens is 456 g/mol. The Morgan fingerprint density at radius 2 is 1.71 bits per heavy atom. The second kappa shape index (κ2) is 10.9. The zero-order chi connectivity index (χ0) is 24.3. The van der Waals surface area contributed by atoms with Gasteiger partial charge in [0.25, 0.3) is 0 Å². The molecular formula is C27H35ClO6. The van der Waals surface area contributed by atoms with Crippen LogP contribution in [0.3, 0.4) is 0 Å². The molecule has 0 bridgehead atoms. The Morgan fingerprint density at radius 3 is 2.35 bits per heavy atom. The van der Waals surface area contributed by atoms with Gasteiger partial charge in [0.15, 0.2) is 0 Å². The van der Waals surface area contributed by atoms with Gasteiger partial charge in [-0.15, -0.1) is 0 Å². The third-order valence-electron chi connectivity index (χ3n) is 7.57. The minimum atomic E-state index is -1.42.